The van der Waals surface area contributed by atoms with Crippen LogP contribution in [0.4, 0.5) is 23.5 Å². The summed E-state index contributed by atoms with van der Waals surface area (Å²) in [5, 5.41) is 11.4. The molecule has 3 aromatic rings. The van der Waals surface area contributed by atoms with E-state index in [1.165, 1.54) is 7.11 Å². The van der Waals surface area contributed by atoms with Gasteiger partial charge in [0.2, 0.25) is 5.95 Å². The van der Waals surface area contributed by atoms with E-state index < -0.39 is 47.5 Å². The Morgan fingerprint density at radius 3 is 2.23 bits per heavy atom. The SMILES string of the molecule is COc1cc(F)c(-n2cc(C(=O)O)nc2NC(=O)c2ccc(OC(F)F)cc2)c(F)c1. The van der Waals surface area contributed by atoms with Crippen LogP contribution in [0, 0.1) is 11.6 Å². The van der Waals surface area contributed by atoms with E-state index in [1.54, 1.807) is 0 Å². The van der Waals surface area contributed by atoms with Gasteiger partial charge in [0.25, 0.3) is 5.91 Å². The average molecular weight is 439 g/mol. The predicted molar refractivity (Wildman–Crippen MR) is 98.0 cm³/mol. The first-order valence-corrected chi connectivity index (χ1v) is 8.42. The molecule has 31 heavy (non-hydrogen) atoms. The minimum Gasteiger partial charge on any atom is -0.497 e. The van der Waals surface area contributed by atoms with Crippen LogP contribution in [0.25, 0.3) is 5.69 Å². The first-order chi connectivity index (χ1) is 14.7. The van der Waals surface area contributed by atoms with Crippen molar-refractivity contribution in [3.05, 3.63) is 65.5 Å². The van der Waals surface area contributed by atoms with Crippen LogP contribution in [0.5, 0.6) is 11.5 Å². The van der Waals surface area contributed by atoms with E-state index in [4.69, 9.17) is 4.74 Å². The van der Waals surface area contributed by atoms with Crippen molar-refractivity contribution in [3.63, 3.8) is 0 Å². The fraction of sp³-hybridized carbons (Fsp3) is 0.105. The number of halogens is 4. The summed E-state index contributed by atoms with van der Waals surface area (Å²) in [7, 11) is 1.21. The largest absolute Gasteiger partial charge is 0.497 e. The van der Waals surface area contributed by atoms with Crippen LogP contribution in [0.2, 0.25) is 0 Å². The molecule has 8 nitrogen and oxygen atoms in total. The molecule has 12 heteroatoms. The molecule has 0 saturated heterocycles. The molecule has 0 spiro atoms. The van der Waals surface area contributed by atoms with Gasteiger partial charge in [-0.25, -0.2) is 18.6 Å². The highest BCUT2D eigenvalue weighted by molar-refractivity contribution is 6.03. The maximum absolute atomic E-state index is 14.5. The van der Waals surface area contributed by atoms with E-state index in [0.717, 1.165) is 47.2 Å². The van der Waals surface area contributed by atoms with Crippen LogP contribution in [-0.4, -0.2) is 40.3 Å². The minimum absolute atomic E-state index is 0.0382. The normalized spacial score (nSPS) is 10.8. The molecule has 1 amide bonds. The minimum atomic E-state index is -3.05. The zero-order valence-electron chi connectivity index (χ0n) is 15.6. The highest BCUT2D eigenvalue weighted by Gasteiger charge is 2.22. The maximum atomic E-state index is 14.5. The summed E-state index contributed by atoms with van der Waals surface area (Å²) in [6.07, 6.45) is 0.825. The number of carboxylic acids is 1. The summed E-state index contributed by atoms with van der Waals surface area (Å²) in [6.45, 7) is -3.05. The molecule has 0 aliphatic rings. The second kappa shape index (κ2) is 8.73. The molecule has 162 valence electrons. The molecule has 1 heterocycles. The summed E-state index contributed by atoms with van der Waals surface area (Å²) in [5.74, 6) is -5.35. The summed E-state index contributed by atoms with van der Waals surface area (Å²) in [6, 6.07) is 6.27. The van der Waals surface area contributed by atoms with Gasteiger partial charge in [0.05, 0.1) is 7.11 Å². The number of carbonyl (C=O) groups excluding carboxylic acids is 1. The lowest BCUT2D eigenvalue weighted by Crippen LogP contribution is -2.16. The quantitative estimate of drug-likeness (QED) is 0.544. The Bertz CT molecular complexity index is 1110. The number of nitrogens with one attached hydrogen (secondary N) is 1. The van der Waals surface area contributed by atoms with E-state index in [9.17, 15) is 32.3 Å². The van der Waals surface area contributed by atoms with Crippen LogP contribution in [0.15, 0.2) is 42.6 Å². The lowest BCUT2D eigenvalue weighted by atomic mass is 10.2. The molecule has 3 rings (SSSR count). The van der Waals surface area contributed by atoms with Crippen LogP contribution in [0.3, 0.4) is 0 Å². The number of aromatic nitrogens is 2. The number of hydrogen-bond donors (Lipinski definition) is 2. The van der Waals surface area contributed by atoms with Gasteiger partial charge in [-0.1, -0.05) is 0 Å². The number of alkyl halides is 2. The molecular formula is C19H13F4N3O5. The fourth-order valence-electron chi connectivity index (χ4n) is 2.59. The number of hydrogen-bond acceptors (Lipinski definition) is 5. The van der Waals surface area contributed by atoms with Crippen LogP contribution < -0.4 is 14.8 Å². The number of anilines is 1. The number of nitrogens with zero attached hydrogens (tertiary/aromatic N) is 2. The van der Waals surface area contributed by atoms with Crippen LogP contribution in [0.1, 0.15) is 20.8 Å². The first kappa shape index (κ1) is 21.6. The van der Waals surface area contributed by atoms with E-state index in [0.29, 0.717) is 0 Å². The Hall–Kier alpha value is -4.09. The number of benzene rings is 2. The van der Waals surface area contributed by atoms with Crippen molar-refractivity contribution in [2.24, 2.45) is 0 Å². The van der Waals surface area contributed by atoms with Gasteiger partial charge in [-0.05, 0) is 24.3 Å². The van der Waals surface area contributed by atoms with Crippen molar-refractivity contribution in [2.75, 3.05) is 12.4 Å². The van der Waals surface area contributed by atoms with Crippen molar-refractivity contribution in [1.29, 1.82) is 0 Å². The van der Waals surface area contributed by atoms with Crippen molar-refractivity contribution in [1.82, 2.24) is 9.55 Å². The first-order valence-electron chi connectivity index (χ1n) is 8.42. The van der Waals surface area contributed by atoms with E-state index in [-0.39, 0.29) is 17.1 Å². The van der Waals surface area contributed by atoms with Crippen LogP contribution in [-0.2, 0) is 0 Å². The molecule has 1 aromatic heterocycles. The summed E-state index contributed by atoms with van der Waals surface area (Å²) >= 11 is 0. The number of carbonyl (C=O) groups is 2. The monoisotopic (exact) mass is 439 g/mol. The molecule has 0 atom stereocenters. The van der Waals surface area contributed by atoms with Gasteiger partial charge >= 0.3 is 12.6 Å². The second-order valence-corrected chi connectivity index (χ2v) is 5.92. The molecule has 0 radical (unpaired) electrons. The summed E-state index contributed by atoms with van der Waals surface area (Å²) < 4.78 is 63.1. The van der Waals surface area contributed by atoms with Gasteiger partial charge in [-0.3, -0.25) is 14.7 Å². The van der Waals surface area contributed by atoms with Crippen molar-refractivity contribution in [3.8, 4) is 17.2 Å². The molecule has 2 aromatic carbocycles. The summed E-state index contributed by atoms with van der Waals surface area (Å²) in [4.78, 5) is 27.4. The zero-order chi connectivity index (χ0) is 22.7. The number of aromatic carboxylic acids is 1. The van der Waals surface area contributed by atoms with Crippen molar-refractivity contribution in [2.45, 2.75) is 6.61 Å². The topological polar surface area (TPSA) is 103 Å². The average Bonchev–Trinajstić information content (AvgIpc) is 3.11. The van der Waals surface area contributed by atoms with Crippen molar-refractivity contribution < 1.29 is 41.7 Å². The molecule has 0 aliphatic heterocycles. The van der Waals surface area contributed by atoms with Crippen molar-refractivity contribution >= 4 is 17.8 Å². The van der Waals surface area contributed by atoms with E-state index in [2.05, 4.69) is 15.0 Å². The third kappa shape index (κ3) is 4.74. The standard InChI is InChI=1S/C19H13F4N3O5/c1-30-11-6-12(20)15(13(21)7-11)26-8-14(17(28)29)24-19(26)25-16(27)9-2-4-10(5-3-9)31-18(22)23/h2-8,18H,1H3,(H,28,29)(H,24,25,27). The Balaban J connectivity index is 1.97. The third-order valence-corrected chi connectivity index (χ3v) is 3.96. The smallest absolute Gasteiger partial charge is 0.387 e. The Morgan fingerprint density at radius 1 is 1.10 bits per heavy atom. The molecule has 2 N–H and O–H groups in total. The third-order valence-electron chi connectivity index (χ3n) is 3.96. The molecule has 0 aliphatic carbocycles. The number of rotatable bonds is 7. The maximum Gasteiger partial charge on any atom is 0.387 e. The number of methoxy groups -OCH3 is 1. The Kier molecular flexibility index (Phi) is 6.09. The number of ether oxygens (including phenoxy) is 2. The van der Waals surface area contributed by atoms with Gasteiger partial charge in [-0.15, -0.1) is 0 Å². The highest BCUT2D eigenvalue weighted by atomic mass is 19.3. The molecule has 0 saturated carbocycles. The van der Waals surface area contributed by atoms with Crippen LogP contribution >= 0.6 is 0 Å². The molecule has 0 unspecified atom stereocenters. The van der Waals surface area contributed by atoms with Gasteiger partial charge in [-0.2, -0.15) is 8.78 Å². The fourth-order valence-corrected chi connectivity index (χ4v) is 2.59. The lowest BCUT2D eigenvalue weighted by molar-refractivity contribution is -0.0498. The molecule has 0 fully saturated rings. The lowest BCUT2D eigenvalue weighted by Gasteiger charge is -2.12. The van der Waals surface area contributed by atoms with Gasteiger partial charge in [0, 0.05) is 23.9 Å². The summed E-state index contributed by atoms with van der Waals surface area (Å²) in [5.41, 5.74) is -1.33. The highest BCUT2D eigenvalue weighted by Crippen LogP contribution is 2.27. The van der Waals surface area contributed by atoms with Gasteiger partial charge in [0.15, 0.2) is 17.3 Å². The Morgan fingerprint density at radius 2 is 1.71 bits per heavy atom. The van der Waals surface area contributed by atoms with Gasteiger partial charge < -0.3 is 14.6 Å². The predicted octanol–water partition coefficient (Wildman–Crippen LogP) is 3.71. The zero-order valence-corrected chi connectivity index (χ0v) is 15.6. The van der Waals surface area contributed by atoms with E-state index >= 15 is 0 Å². The Labute approximate surface area is 171 Å². The number of amides is 1. The number of carboxylic acid groups (broad SMARTS) is 1. The van der Waals surface area contributed by atoms with Gasteiger partial charge in [0.1, 0.15) is 17.2 Å². The van der Waals surface area contributed by atoms with E-state index in [1.807, 2.05) is 0 Å². The number of imidazole rings is 1. The molecule has 0 bridgehead atoms. The molecular weight excluding hydrogens is 426 g/mol. The second-order valence-electron chi connectivity index (χ2n) is 5.92.